The number of nitrogens with one attached hydrogen (secondary N) is 1. The van der Waals surface area contributed by atoms with Gasteiger partial charge >= 0.3 is 5.97 Å². The molecule has 1 unspecified atom stereocenters. The topological polar surface area (TPSA) is 55.4 Å². The predicted molar refractivity (Wildman–Crippen MR) is 80.3 cm³/mol. The van der Waals surface area contributed by atoms with E-state index in [-0.39, 0.29) is 23.8 Å². The lowest BCUT2D eigenvalue weighted by molar-refractivity contribution is -0.162. The molecular formula is C15H20BrF2NO3. The van der Waals surface area contributed by atoms with Gasteiger partial charge in [-0.05, 0) is 12.8 Å². The first kappa shape index (κ1) is 17.4. The van der Waals surface area contributed by atoms with Gasteiger partial charge in [-0.25, -0.2) is 0 Å². The molecular weight excluding hydrogens is 360 g/mol. The molecule has 1 amide bonds. The molecule has 1 aliphatic carbocycles. The third kappa shape index (κ3) is 2.92. The molecule has 22 heavy (non-hydrogen) atoms. The van der Waals surface area contributed by atoms with Crippen LogP contribution in [0.15, 0.2) is 11.7 Å². The van der Waals surface area contributed by atoms with Crippen molar-refractivity contribution in [3.8, 4) is 0 Å². The summed E-state index contributed by atoms with van der Waals surface area (Å²) in [5.74, 6) is -1.93. The largest absolute Gasteiger partial charge is 0.433 e. The van der Waals surface area contributed by atoms with Crippen molar-refractivity contribution >= 4 is 27.8 Å². The highest BCUT2D eigenvalue weighted by molar-refractivity contribution is 9.09. The van der Waals surface area contributed by atoms with E-state index in [2.05, 4.69) is 28.2 Å². The number of halogens is 3. The Morgan fingerprint density at radius 3 is 2.73 bits per heavy atom. The van der Waals surface area contributed by atoms with Crippen molar-refractivity contribution in [2.24, 2.45) is 11.8 Å². The Kier molecular flexibility index (Phi) is 5.25. The summed E-state index contributed by atoms with van der Waals surface area (Å²) in [7, 11) is 0. The Bertz CT molecular complexity index is 507. The van der Waals surface area contributed by atoms with Crippen molar-refractivity contribution in [2.45, 2.75) is 56.5 Å². The van der Waals surface area contributed by atoms with Crippen LogP contribution in [0, 0.1) is 11.8 Å². The molecule has 0 aromatic heterocycles. The highest BCUT2D eigenvalue weighted by Crippen LogP contribution is 2.51. The lowest BCUT2D eigenvalue weighted by Crippen LogP contribution is -2.52. The zero-order valence-corrected chi connectivity index (χ0v) is 14.2. The molecule has 0 aromatic rings. The number of alkyl halides is 1. The van der Waals surface area contributed by atoms with Crippen LogP contribution in [0.25, 0.3) is 0 Å². The number of esters is 1. The number of carbonyl (C=O) groups is 2. The van der Waals surface area contributed by atoms with Gasteiger partial charge in [-0.15, -0.1) is 0 Å². The molecule has 2 bridgehead atoms. The summed E-state index contributed by atoms with van der Waals surface area (Å²) in [6.07, 6.45) is 1.59. The number of hydrogen-bond acceptors (Lipinski definition) is 3. The SMILES string of the molecule is CCCCCC(C)C(=O)O[C@]12NC(=O)[C@@H](CC1=C(F)F)[C@H]2Br. The van der Waals surface area contributed by atoms with Gasteiger partial charge < -0.3 is 10.1 Å². The predicted octanol–water partition coefficient (Wildman–Crippen LogP) is 3.51. The summed E-state index contributed by atoms with van der Waals surface area (Å²) in [4.78, 5) is 23.4. The van der Waals surface area contributed by atoms with Crippen LogP contribution in [0.3, 0.4) is 0 Å². The van der Waals surface area contributed by atoms with Crippen molar-refractivity contribution in [3.05, 3.63) is 11.7 Å². The molecule has 0 aromatic carbocycles. The van der Waals surface area contributed by atoms with E-state index in [0.717, 1.165) is 19.3 Å². The fourth-order valence-electron chi connectivity index (χ4n) is 3.01. The van der Waals surface area contributed by atoms with Gasteiger partial charge in [-0.1, -0.05) is 49.0 Å². The van der Waals surface area contributed by atoms with Crippen molar-refractivity contribution in [3.63, 3.8) is 0 Å². The molecule has 4 atom stereocenters. The normalized spacial score (nSPS) is 31.1. The Morgan fingerprint density at radius 2 is 2.18 bits per heavy atom. The van der Waals surface area contributed by atoms with E-state index in [0.29, 0.717) is 6.42 Å². The first-order valence-electron chi connectivity index (χ1n) is 7.57. The third-order valence-corrected chi connectivity index (χ3v) is 5.68. The molecule has 0 radical (unpaired) electrons. The number of hydrogen-bond donors (Lipinski definition) is 1. The van der Waals surface area contributed by atoms with Crippen LogP contribution in [0.5, 0.6) is 0 Å². The van der Waals surface area contributed by atoms with E-state index in [1.807, 2.05) is 0 Å². The van der Waals surface area contributed by atoms with Crippen LogP contribution in [-0.4, -0.2) is 22.4 Å². The molecule has 0 spiro atoms. The molecule has 1 N–H and O–H groups in total. The van der Waals surface area contributed by atoms with Gasteiger partial charge in [0.05, 0.1) is 22.2 Å². The number of carbonyl (C=O) groups excluding carboxylic acids is 2. The fourth-order valence-corrected chi connectivity index (χ4v) is 3.92. The maximum absolute atomic E-state index is 13.2. The van der Waals surface area contributed by atoms with Gasteiger partial charge in [0.25, 0.3) is 6.08 Å². The highest BCUT2D eigenvalue weighted by Gasteiger charge is 2.65. The number of rotatable bonds is 6. The maximum Gasteiger partial charge on any atom is 0.311 e. The van der Waals surface area contributed by atoms with Crippen LogP contribution in [0.1, 0.15) is 46.0 Å². The minimum atomic E-state index is -1.89. The molecule has 7 heteroatoms. The van der Waals surface area contributed by atoms with Crippen molar-refractivity contribution < 1.29 is 23.1 Å². The molecule has 124 valence electrons. The quantitative estimate of drug-likeness (QED) is 0.436. The standard InChI is InChI=1S/C15H20BrF2NO3/c1-3-4-5-6-8(2)14(21)22-15-10(12(17)18)7-9(11(15)16)13(20)19-15/h8-9,11H,3-7H2,1-2H3,(H,19,20)/t8?,9-,11+,15+/m0/s1. The molecule has 2 rings (SSSR count). The third-order valence-electron chi connectivity index (χ3n) is 4.39. The lowest BCUT2D eigenvalue weighted by atomic mass is 10.0. The minimum Gasteiger partial charge on any atom is -0.433 e. The molecule has 1 saturated heterocycles. The average Bonchev–Trinajstić information content (AvgIpc) is 2.85. The molecule has 2 fully saturated rings. The summed E-state index contributed by atoms with van der Waals surface area (Å²) in [5.41, 5.74) is -2.02. The Balaban J connectivity index is 2.13. The number of piperidine rings is 1. The van der Waals surface area contributed by atoms with Gasteiger partial charge in [0.2, 0.25) is 11.6 Å². The van der Waals surface area contributed by atoms with E-state index in [1.165, 1.54) is 0 Å². The molecule has 1 saturated carbocycles. The fraction of sp³-hybridized carbons (Fsp3) is 0.733. The molecule has 1 heterocycles. The number of unbranched alkanes of at least 4 members (excludes halogenated alkanes) is 2. The van der Waals surface area contributed by atoms with Gasteiger partial charge in [0.1, 0.15) is 0 Å². The van der Waals surface area contributed by atoms with E-state index >= 15 is 0 Å². The van der Waals surface area contributed by atoms with E-state index in [4.69, 9.17) is 4.74 Å². The molecule has 4 nitrogen and oxygen atoms in total. The van der Waals surface area contributed by atoms with Gasteiger partial charge in [-0.3, -0.25) is 9.59 Å². The first-order valence-corrected chi connectivity index (χ1v) is 8.48. The van der Waals surface area contributed by atoms with Gasteiger partial charge in [0, 0.05) is 0 Å². The second-order valence-electron chi connectivity index (χ2n) is 5.99. The van der Waals surface area contributed by atoms with E-state index in [1.54, 1.807) is 6.92 Å². The number of fused-ring (bicyclic) bond motifs is 2. The average molecular weight is 380 g/mol. The zero-order valence-electron chi connectivity index (χ0n) is 12.6. The van der Waals surface area contributed by atoms with Crippen molar-refractivity contribution in [1.82, 2.24) is 5.32 Å². The van der Waals surface area contributed by atoms with Gasteiger partial charge in [0.15, 0.2) is 0 Å². The monoisotopic (exact) mass is 379 g/mol. The van der Waals surface area contributed by atoms with Crippen molar-refractivity contribution in [2.75, 3.05) is 0 Å². The molecule has 2 aliphatic rings. The summed E-state index contributed by atoms with van der Waals surface area (Å²) in [6.45, 7) is 3.78. The number of amides is 1. The second-order valence-corrected chi connectivity index (χ2v) is 6.98. The zero-order chi connectivity index (χ0) is 16.5. The number of ether oxygens (including phenoxy) is 1. The molecule has 1 aliphatic heterocycles. The van der Waals surface area contributed by atoms with Crippen LogP contribution in [0.2, 0.25) is 0 Å². The van der Waals surface area contributed by atoms with E-state index < -0.39 is 28.5 Å². The van der Waals surface area contributed by atoms with Crippen LogP contribution < -0.4 is 5.32 Å². The second kappa shape index (κ2) is 6.64. The Labute approximate surface area is 136 Å². The van der Waals surface area contributed by atoms with Crippen LogP contribution in [0.4, 0.5) is 8.78 Å². The summed E-state index contributed by atoms with van der Waals surface area (Å²) in [5, 5.41) is 2.43. The Morgan fingerprint density at radius 1 is 1.50 bits per heavy atom. The van der Waals surface area contributed by atoms with Crippen molar-refractivity contribution in [1.29, 1.82) is 0 Å². The van der Waals surface area contributed by atoms with Crippen LogP contribution >= 0.6 is 15.9 Å². The van der Waals surface area contributed by atoms with Gasteiger partial charge in [-0.2, -0.15) is 8.78 Å². The van der Waals surface area contributed by atoms with Crippen LogP contribution in [-0.2, 0) is 14.3 Å². The smallest absolute Gasteiger partial charge is 0.311 e. The summed E-state index contributed by atoms with van der Waals surface area (Å²) >= 11 is 3.25. The summed E-state index contributed by atoms with van der Waals surface area (Å²) < 4.78 is 31.7. The highest BCUT2D eigenvalue weighted by atomic mass is 79.9. The Hall–Kier alpha value is -0.980. The van der Waals surface area contributed by atoms with E-state index in [9.17, 15) is 18.4 Å². The maximum atomic E-state index is 13.2. The minimum absolute atomic E-state index is 0.0818. The first-order chi connectivity index (χ1) is 10.3. The summed E-state index contributed by atoms with van der Waals surface area (Å²) in [6, 6.07) is 0. The lowest BCUT2D eigenvalue weighted by Gasteiger charge is -2.32.